The van der Waals surface area contributed by atoms with Gasteiger partial charge in [-0.2, -0.15) is 0 Å². The van der Waals surface area contributed by atoms with Gasteiger partial charge in [0.2, 0.25) is 0 Å². The topological polar surface area (TPSA) is 21.3 Å². The molecule has 1 aromatic rings. The number of halogens is 1. The van der Waals surface area contributed by atoms with Crippen LogP contribution in [0.4, 0.5) is 4.39 Å². The molecule has 0 spiro atoms. The van der Waals surface area contributed by atoms with Crippen LogP contribution in [0.2, 0.25) is 0 Å². The summed E-state index contributed by atoms with van der Waals surface area (Å²) in [5, 5.41) is 3.40. The van der Waals surface area contributed by atoms with E-state index in [1.54, 1.807) is 12.1 Å². The van der Waals surface area contributed by atoms with Crippen LogP contribution in [-0.4, -0.2) is 12.6 Å². The summed E-state index contributed by atoms with van der Waals surface area (Å²) < 4.78 is 19.0. The molecule has 0 radical (unpaired) electrons. The van der Waals surface area contributed by atoms with Crippen LogP contribution in [0, 0.1) is 5.82 Å². The van der Waals surface area contributed by atoms with E-state index >= 15 is 0 Å². The molecule has 18 heavy (non-hydrogen) atoms. The predicted octanol–water partition coefficient (Wildman–Crippen LogP) is 3.65. The first-order valence-electron chi connectivity index (χ1n) is 6.94. The lowest BCUT2D eigenvalue weighted by molar-refractivity contribution is 0.302. The van der Waals surface area contributed by atoms with Crippen molar-refractivity contribution in [3.05, 3.63) is 29.6 Å². The lowest BCUT2D eigenvalue weighted by Crippen LogP contribution is -2.16. The number of hydrogen-bond acceptors (Lipinski definition) is 2. The van der Waals surface area contributed by atoms with Crippen LogP contribution < -0.4 is 10.1 Å². The van der Waals surface area contributed by atoms with E-state index < -0.39 is 0 Å². The zero-order chi connectivity index (χ0) is 12.8. The van der Waals surface area contributed by atoms with Crippen molar-refractivity contribution >= 4 is 0 Å². The highest BCUT2D eigenvalue weighted by Crippen LogP contribution is 2.23. The van der Waals surface area contributed by atoms with Gasteiger partial charge in [0.15, 0.2) is 0 Å². The van der Waals surface area contributed by atoms with E-state index in [1.165, 1.54) is 31.7 Å². The van der Waals surface area contributed by atoms with Gasteiger partial charge in [0, 0.05) is 18.2 Å². The Kier molecular flexibility index (Phi) is 5.00. The molecule has 0 aliphatic heterocycles. The highest BCUT2D eigenvalue weighted by atomic mass is 19.1. The lowest BCUT2D eigenvalue weighted by Gasteiger charge is -2.12. The zero-order valence-electron chi connectivity index (χ0n) is 11.0. The third kappa shape index (κ3) is 4.30. The molecule has 100 valence electrons. The monoisotopic (exact) mass is 251 g/mol. The Bertz CT molecular complexity index is 377. The third-order valence-electron chi connectivity index (χ3n) is 3.19. The zero-order valence-corrected chi connectivity index (χ0v) is 11.0. The van der Waals surface area contributed by atoms with E-state index in [0.717, 1.165) is 24.3 Å². The van der Waals surface area contributed by atoms with Crippen molar-refractivity contribution < 1.29 is 9.13 Å². The van der Waals surface area contributed by atoms with Crippen LogP contribution in [0.1, 0.15) is 44.6 Å². The van der Waals surface area contributed by atoms with Crippen LogP contribution >= 0.6 is 0 Å². The highest BCUT2D eigenvalue weighted by molar-refractivity contribution is 5.34. The second-order valence-corrected chi connectivity index (χ2v) is 4.96. The van der Waals surface area contributed by atoms with Crippen LogP contribution in [0.25, 0.3) is 0 Å². The Balaban J connectivity index is 1.88. The van der Waals surface area contributed by atoms with Gasteiger partial charge >= 0.3 is 0 Å². The highest BCUT2D eigenvalue weighted by Gasteiger charge is 2.20. The van der Waals surface area contributed by atoms with Gasteiger partial charge in [0.05, 0.1) is 6.61 Å². The Morgan fingerprint density at radius 2 is 2.17 bits per heavy atom. The van der Waals surface area contributed by atoms with Crippen molar-refractivity contribution in [2.24, 2.45) is 0 Å². The van der Waals surface area contributed by atoms with E-state index in [2.05, 4.69) is 12.2 Å². The predicted molar refractivity (Wildman–Crippen MR) is 71.3 cm³/mol. The van der Waals surface area contributed by atoms with Gasteiger partial charge in [-0.3, -0.25) is 0 Å². The fourth-order valence-electron chi connectivity index (χ4n) is 1.90. The first-order valence-corrected chi connectivity index (χ1v) is 6.94. The molecule has 2 rings (SSSR count). The van der Waals surface area contributed by atoms with Gasteiger partial charge in [-0.25, -0.2) is 4.39 Å². The van der Waals surface area contributed by atoms with Gasteiger partial charge in [0.1, 0.15) is 11.6 Å². The van der Waals surface area contributed by atoms with Crippen LogP contribution in [0.3, 0.4) is 0 Å². The van der Waals surface area contributed by atoms with Gasteiger partial charge < -0.3 is 10.1 Å². The average molecular weight is 251 g/mol. The third-order valence-corrected chi connectivity index (χ3v) is 3.19. The minimum atomic E-state index is -0.191. The van der Waals surface area contributed by atoms with E-state index in [4.69, 9.17) is 4.74 Å². The normalized spacial score (nSPS) is 14.8. The minimum absolute atomic E-state index is 0.191. The van der Waals surface area contributed by atoms with Gasteiger partial charge in [-0.05, 0) is 37.5 Å². The first-order chi connectivity index (χ1) is 8.79. The SMILES string of the molecule is CCCCCOc1ccc(F)cc1CNC1CC1. The molecule has 2 nitrogen and oxygen atoms in total. The minimum Gasteiger partial charge on any atom is -0.493 e. The van der Waals surface area contributed by atoms with Crippen LogP contribution in [-0.2, 0) is 6.54 Å². The van der Waals surface area contributed by atoms with Crippen molar-refractivity contribution in [3.8, 4) is 5.75 Å². The van der Waals surface area contributed by atoms with E-state index in [0.29, 0.717) is 12.6 Å². The summed E-state index contributed by atoms with van der Waals surface area (Å²) >= 11 is 0. The maximum Gasteiger partial charge on any atom is 0.123 e. The molecule has 0 atom stereocenters. The van der Waals surface area contributed by atoms with Crippen molar-refractivity contribution in [1.82, 2.24) is 5.32 Å². The molecule has 0 aromatic heterocycles. The Labute approximate surface area is 109 Å². The van der Waals surface area contributed by atoms with Gasteiger partial charge in [-0.1, -0.05) is 19.8 Å². The Hall–Kier alpha value is -1.09. The number of benzene rings is 1. The lowest BCUT2D eigenvalue weighted by atomic mass is 10.2. The number of hydrogen-bond donors (Lipinski definition) is 1. The summed E-state index contributed by atoms with van der Waals surface area (Å²) in [6.07, 6.45) is 5.90. The average Bonchev–Trinajstić information content (AvgIpc) is 3.18. The van der Waals surface area contributed by atoms with Crippen LogP contribution in [0.15, 0.2) is 18.2 Å². The van der Waals surface area contributed by atoms with Crippen molar-refractivity contribution in [3.63, 3.8) is 0 Å². The summed E-state index contributed by atoms with van der Waals surface area (Å²) in [7, 11) is 0. The van der Waals surface area contributed by atoms with Crippen molar-refractivity contribution in [2.45, 2.75) is 51.6 Å². The number of nitrogens with one attached hydrogen (secondary N) is 1. The van der Waals surface area contributed by atoms with Gasteiger partial charge in [0.25, 0.3) is 0 Å². The molecule has 3 heteroatoms. The number of rotatable bonds is 8. The molecule has 0 heterocycles. The summed E-state index contributed by atoms with van der Waals surface area (Å²) in [5.74, 6) is 0.629. The summed E-state index contributed by atoms with van der Waals surface area (Å²) in [4.78, 5) is 0. The number of unbranched alkanes of at least 4 members (excludes halogenated alkanes) is 2. The van der Waals surface area contributed by atoms with Crippen molar-refractivity contribution in [1.29, 1.82) is 0 Å². The standard InChI is InChI=1S/C15H22FNO/c1-2-3-4-9-18-15-8-5-13(16)10-12(15)11-17-14-6-7-14/h5,8,10,14,17H,2-4,6-7,9,11H2,1H3. The molecule has 1 aliphatic carbocycles. The summed E-state index contributed by atoms with van der Waals surface area (Å²) in [6.45, 7) is 3.59. The smallest absolute Gasteiger partial charge is 0.123 e. The number of ether oxygens (including phenoxy) is 1. The van der Waals surface area contributed by atoms with Crippen molar-refractivity contribution in [2.75, 3.05) is 6.61 Å². The summed E-state index contributed by atoms with van der Waals surface area (Å²) in [6, 6.07) is 5.41. The second kappa shape index (κ2) is 6.74. The summed E-state index contributed by atoms with van der Waals surface area (Å²) in [5.41, 5.74) is 0.929. The Morgan fingerprint density at radius 3 is 2.89 bits per heavy atom. The molecule has 0 amide bonds. The second-order valence-electron chi connectivity index (χ2n) is 4.96. The molecule has 0 bridgehead atoms. The molecule has 0 saturated heterocycles. The molecule has 0 unspecified atom stereocenters. The molecular formula is C15H22FNO. The molecule has 1 N–H and O–H groups in total. The van der Waals surface area contributed by atoms with E-state index in [-0.39, 0.29) is 5.82 Å². The molecular weight excluding hydrogens is 229 g/mol. The van der Waals surface area contributed by atoms with E-state index in [1.807, 2.05) is 0 Å². The van der Waals surface area contributed by atoms with Crippen LogP contribution in [0.5, 0.6) is 5.75 Å². The fraction of sp³-hybridized carbons (Fsp3) is 0.600. The first kappa shape index (κ1) is 13.3. The quantitative estimate of drug-likeness (QED) is 0.712. The largest absolute Gasteiger partial charge is 0.493 e. The molecule has 1 aromatic carbocycles. The maximum atomic E-state index is 13.2. The molecule has 1 saturated carbocycles. The van der Waals surface area contributed by atoms with Gasteiger partial charge in [-0.15, -0.1) is 0 Å². The fourth-order valence-corrected chi connectivity index (χ4v) is 1.90. The molecule has 1 fully saturated rings. The van der Waals surface area contributed by atoms with E-state index in [9.17, 15) is 4.39 Å². The maximum absolute atomic E-state index is 13.2. The molecule has 1 aliphatic rings. The Morgan fingerprint density at radius 1 is 1.33 bits per heavy atom.